The van der Waals surface area contributed by atoms with Crippen LogP contribution in [0.2, 0.25) is 0 Å². The molecular weight excluding hydrogens is 240 g/mol. The van der Waals surface area contributed by atoms with Crippen LogP contribution in [0.15, 0.2) is 18.2 Å². The first-order valence-corrected chi connectivity index (χ1v) is 7.21. The number of hydrogen-bond donors (Lipinski definition) is 1. The second kappa shape index (κ2) is 6.80. The predicted octanol–water partition coefficient (Wildman–Crippen LogP) is 3.54. The molecular formula is C16H24O3. The van der Waals surface area contributed by atoms with Crippen molar-refractivity contribution in [2.75, 3.05) is 7.11 Å². The normalized spacial score (nSPS) is 23.1. The van der Waals surface area contributed by atoms with Crippen molar-refractivity contribution >= 4 is 0 Å². The molecule has 19 heavy (non-hydrogen) atoms. The standard InChI is InChI=1S/C16H24O3/c1-3-12-4-6-14(7-5-12)19-16-9-8-15(18-2)10-13(16)11-17/h8-10,12,14,17H,3-7,11H2,1-2H3. The maximum absolute atomic E-state index is 9.41. The summed E-state index contributed by atoms with van der Waals surface area (Å²) < 4.78 is 11.2. The lowest BCUT2D eigenvalue weighted by Gasteiger charge is -2.29. The fourth-order valence-corrected chi connectivity index (χ4v) is 2.76. The van der Waals surface area contributed by atoms with Crippen LogP contribution in [0, 0.1) is 5.92 Å². The van der Waals surface area contributed by atoms with Gasteiger partial charge in [-0.05, 0) is 49.8 Å². The summed E-state index contributed by atoms with van der Waals surface area (Å²) in [7, 11) is 1.63. The predicted molar refractivity (Wildman–Crippen MR) is 75.6 cm³/mol. The maximum Gasteiger partial charge on any atom is 0.125 e. The Morgan fingerprint density at radius 2 is 1.95 bits per heavy atom. The van der Waals surface area contributed by atoms with Gasteiger partial charge >= 0.3 is 0 Å². The van der Waals surface area contributed by atoms with E-state index in [-0.39, 0.29) is 6.61 Å². The number of hydrogen-bond acceptors (Lipinski definition) is 3. The fourth-order valence-electron chi connectivity index (χ4n) is 2.76. The van der Waals surface area contributed by atoms with E-state index >= 15 is 0 Å². The highest BCUT2D eigenvalue weighted by atomic mass is 16.5. The van der Waals surface area contributed by atoms with E-state index in [1.165, 1.54) is 19.3 Å². The third-order valence-electron chi connectivity index (χ3n) is 4.10. The highest BCUT2D eigenvalue weighted by Crippen LogP contribution is 2.31. The molecule has 1 N–H and O–H groups in total. The van der Waals surface area contributed by atoms with Gasteiger partial charge in [-0.25, -0.2) is 0 Å². The Labute approximate surface area is 115 Å². The quantitative estimate of drug-likeness (QED) is 0.884. The van der Waals surface area contributed by atoms with Crippen LogP contribution < -0.4 is 9.47 Å². The molecule has 1 aliphatic rings. The highest BCUT2D eigenvalue weighted by Gasteiger charge is 2.22. The molecule has 1 aromatic rings. The molecule has 0 aromatic heterocycles. The van der Waals surface area contributed by atoms with Gasteiger partial charge in [-0.3, -0.25) is 0 Å². The van der Waals surface area contributed by atoms with Gasteiger partial charge in [0.1, 0.15) is 11.5 Å². The topological polar surface area (TPSA) is 38.7 Å². The molecule has 1 fully saturated rings. The van der Waals surface area contributed by atoms with E-state index in [0.717, 1.165) is 35.8 Å². The lowest BCUT2D eigenvalue weighted by Crippen LogP contribution is -2.24. The average molecular weight is 264 g/mol. The summed E-state index contributed by atoms with van der Waals surface area (Å²) in [5, 5.41) is 9.41. The molecule has 2 rings (SSSR count). The number of rotatable bonds is 5. The largest absolute Gasteiger partial charge is 0.497 e. The van der Waals surface area contributed by atoms with Gasteiger partial charge in [-0.15, -0.1) is 0 Å². The molecule has 1 aromatic carbocycles. The third kappa shape index (κ3) is 3.63. The number of benzene rings is 1. The molecule has 106 valence electrons. The zero-order chi connectivity index (χ0) is 13.7. The molecule has 0 amide bonds. The van der Waals surface area contributed by atoms with E-state index in [9.17, 15) is 5.11 Å². The molecule has 0 bridgehead atoms. The highest BCUT2D eigenvalue weighted by molar-refractivity contribution is 5.40. The van der Waals surface area contributed by atoms with Crippen molar-refractivity contribution in [1.82, 2.24) is 0 Å². The van der Waals surface area contributed by atoms with Crippen molar-refractivity contribution in [3.05, 3.63) is 23.8 Å². The maximum atomic E-state index is 9.41. The summed E-state index contributed by atoms with van der Waals surface area (Å²) >= 11 is 0. The fraction of sp³-hybridized carbons (Fsp3) is 0.625. The van der Waals surface area contributed by atoms with Crippen molar-refractivity contribution in [2.24, 2.45) is 5.92 Å². The van der Waals surface area contributed by atoms with Crippen LogP contribution in [0.4, 0.5) is 0 Å². The van der Waals surface area contributed by atoms with Crippen molar-refractivity contribution in [3.8, 4) is 11.5 Å². The Balaban J connectivity index is 1.99. The smallest absolute Gasteiger partial charge is 0.125 e. The van der Waals surface area contributed by atoms with Gasteiger partial charge in [-0.2, -0.15) is 0 Å². The minimum atomic E-state index is -0.0170. The van der Waals surface area contributed by atoms with Crippen LogP contribution in [-0.4, -0.2) is 18.3 Å². The summed E-state index contributed by atoms with van der Waals surface area (Å²) in [6.07, 6.45) is 6.32. The van der Waals surface area contributed by atoms with E-state index in [4.69, 9.17) is 9.47 Å². The Morgan fingerprint density at radius 3 is 2.53 bits per heavy atom. The van der Waals surface area contributed by atoms with Crippen LogP contribution in [0.25, 0.3) is 0 Å². The van der Waals surface area contributed by atoms with Gasteiger partial charge in [0.25, 0.3) is 0 Å². The van der Waals surface area contributed by atoms with E-state index in [0.29, 0.717) is 6.10 Å². The molecule has 0 saturated heterocycles. The molecule has 0 heterocycles. The zero-order valence-electron chi connectivity index (χ0n) is 11.9. The van der Waals surface area contributed by atoms with Gasteiger partial charge in [0.05, 0.1) is 19.8 Å². The molecule has 3 heteroatoms. The molecule has 3 nitrogen and oxygen atoms in total. The summed E-state index contributed by atoms with van der Waals surface area (Å²) in [6.45, 7) is 2.25. The SMILES string of the molecule is CCC1CCC(Oc2ccc(OC)cc2CO)CC1. The van der Waals surface area contributed by atoms with Gasteiger partial charge in [0.15, 0.2) is 0 Å². The summed E-state index contributed by atoms with van der Waals surface area (Å²) in [6, 6.07) is 5.62. The van der Waals surface area contributed by atoms with Gasteiger partial charge in [0, 0.05) is 5.56 Å². The number of ether oxygens (including phenoxy) is 2. The molecule has 0 radical (unpaired) electrons. The Hall–Kier alpha value is -1.22. The summed E-state index contributed by atoms with van der Waals surface area (Å²) in [5.74, 6) is 2.42. The number of methoxy groups -OCH3 is 1. The van der Waals surface area contributed by atoms with Crippen molar-refractivity contribution in [1.29, 1.82) is 0 Å². The average Bonchev–Trinajstić information content (AvgIpc) is 2.48. The van der Waals surface area contributed by atoms with Crippen LogP contribution in [0.3, 0.4) is 0 Å². The zero-order valence-corrected chi connectivity index (χ0v) is 11.9. The summed E-state index contributed by atoms with van der Waals surface area (Å²) in [5.41, 5.74) is 0.803. The van der Waals surface area contributed by atoms with E-state index in [1.807, 2.05) is 18.2 Å². The second-order valence-corrected chi connectivity index (χ2v) is 5.30. The molecule has 1 saturated carbocycles. The van der Waals surface area contributed by atoms with E-state index in [1.54, 1.807) is 7.11 Å². The van der Waals surface area contributed by atoms with Crippen LogP contribution in [-0.2, 0) is 6.61 Å². The Kier molecular flexibility index (Phi) is 5.08. The minimum Gasteiger partial charge on any atom is -0.497 e. The van der Waals surface area contributed by atoms with Crippen LogP contribution in [0.5, 0.6) is 11.5 Å². The van der Waals surface area contributed by atoms with Crippen molar-refractivity contribution in [2.45, 2.75) is 51.7 Å². The van der Waals surface area contributed by atoms with Gasteiger partial charge in [-0.1, -0.05) is 13.3 Å². The van der Waals surface area contributed by atoms with E-state index in [2.05, 4.69) is 6.92 Å². The molecule has 0 unspecified atom stereocenters. The van der Waals surface area contributed by atoms with Crippen molar-refractivity contribution in [3.63, 3.8) is 0 Å². The van der Waals surface area contributed by atoms with Gasteiger partial charge < -0.3 is 14.6 Å². The van der Waals surface area contributed by atoms with Crippen LogP contribution >= 0.6 is 0 Å². The number of aliphatic hydroxyl groups excluding tert-OH is 1. The first-order valence-electron chi connectivity index (χ1n) is 7.21. The van der Waals surface area contributed by atoms with E-state index < -0.39 is 0 Å². The van der Waals surface area contributed by atoms with Crippen LogP contribution in [0.1, 0.15) is 44.6 Å². The first-order chi connectivity index (χ1) is 9.26. The molecule has 0 aliphatic heterocycles. The summed E-state index contributed by atoms with van der Waals surface area (Å²) in [4.78, 5) is 0. The first kappa shape index (κ1) is 14.2. The lowest BCUT2D eigenvalue weighted by atomic mass is 9.86. The van der Waals surface area contributed by atoms with Crippen molar-refractivity contribution < 1.29 is 14.6 Å². The Bertz CT molecular complexity index is 395. The number of aliphatic hydroxyl groups is 1. The second-order valence-electron chi connectivity index (χ2n) is 5.30. The third-order valence-corrected chi connectivity index (χ3v) is 4.10. The van der Waals surface area contributed by atoms with Gasteiger partial charge in [0.2, 0.25) is 0 Å². The lowest BCUT2D eigenvalue weighted by molar-refractivity contribution is 0.126. The Morgan fingerprint density at radius 1 is 1.21 bits per heavy atom. The molecule has 0 spiro atoms. The minimum absolute atomic E-state index is 0.0170. The monoisotopic (exact) mass is 264 g/mol. The molecule has 0 atom stereocenters. The molecule has 1 aliphatic carbocycles.